The van der Waals surface area contributed by atoms with Crippen LogP contribution in [0.25, 0.3) is 0 Å². The molecule has 4 fully saturated rings. The zero-order valence-corrected chi connectivity index (χ0v) is 51.6. The predicted octanol–water partition coefficient (Wildman–Crippen LogP) is 5.85. The lowest BCUT2D eigenvalue weighted by Gasteiger charge is -2.39. The van der Waals surface area contributed by atoms with Crippen LogP contribution in [0.4, 0.5) is 19.2 Å². The van der Waals surface area contributed by atoms with Crippen molar-refractivity contribution in [1.29, 1.82) is 0 Å². The summed E-state index contributed by atoms with van der Waals surface area (Å²) in [6.45, 7) is 26.1. The highest BCUT2D eigenvalue weighted by Crippen LogP contribution is 2.41. The van der Waals surface area contributed by atoms with E-state index in [0.717, 1.165) is 5.01 Å². The average molecular weight is 1220 g/mol. The summed E-state index contributed by atoms with van der Waals surface area (Å²) in [5, 5.41) is 25.1. The van der Waals surface area contributed by atoms with E-state index >= 15 is 0 Å². The molecule has 7 N–H and O–H groups in total. The van der Waals surface area contributed by atoms with E-state index in [1.165, 1.54) is 115 Å². The van der Waals surface area contributed by atoms with Crippen molar-refractivity contribution in [1.82, 2.24) is 51.0 Å². The van der Waals surface area contributed by atoms with Crippen LogP contribution in [0.3, 0.4) is 0 Å². The fraction of sp³-hybridized carbons (Fsp3) is 0.792. The number of aromatic nitrogens is 4. The van der Waals surface area contributed by atoms with Gasteiger partial charge in [-0.3, -0.25) is 25.2 Å². The lowest BCUT2D eigenvalue weighted by molar-refractivity contribution is -0.929. The molecule has 33 heteroatoms. The summed E-state index contributed by atoms with van der Waals surface area (Å²) >= 11 is 2.59. The number of unbranched alkanes of at least 4 members (excludes halogenated alkanes) is 4. The Bertz CT molecular complexity index is 2590. The first-order valence-electron chi connectivity index (χ1n) is 27.5. The Hall–Kier alpha value is -5.16. The first-order valence-corrected chi connectivity index (χ1v) is 31.8. The van der Waals surface area contributed by atoms with Crippen LogP contribution in [-0.4, -0.2) is 183 Å². The smallest absolute Gasteiger partial charge is 0.418 e. The summed E-state index contributed by atoms with van der Waals surface area (Å²) in [5.74, 6) is -0.165. The van der Waals surface area contributed by atoms with Crippen LogP contribution in [0.15, 0.2) is 9.98 Å². The van der Waals surface area contributed by atoms with Crippen LogP contribution < -0.4 is 22.1 Å². The maximum atomic E-state index is 12.6. The molecule has 0 unspecified atom stereocenters. The predicted molar refractivity (Wildman–Crippen MR) is 301 cm³/mol. The summed E-state index contributed by atoms with van der Waals surface area (Å²) in [5.41, 5.74) is 8.99. The summed E-state index contributed by atoms with van der Waals surface area (Å²) in [7, 11) is -9.84. The highest BCUT2D eigenvalue weighted by molar-refractivity contribution is 7.81. The van der Waals surface area contributed by atoms with Gasteiger partial charge in [-0.1, -0.05) is 76.1 Å². The largest absolute Gasteiger partial charge is 0.724 e. The number of hydroxylamine groups is 4. The van der Waals surface area contributed by atoms with Gasteiger partial charge in [0, 0.05) is 39.0 Å². The molecule has 6 amide bonds. The maximum Gasteiger partial charge on any atom is 0.418 e. The van der Waals surface area contributed by atoms with Gasteiger partial charge in [-0.05, 0) is 92.9 Å². The van der Waals surface area contributed by atoms with E-state index in [0.29, 0.717) is 76.8 Å². The van der Waals surface area contributed by atoms with E-state index in [-0.39, 0.29) is 31.1 Å². The second kappa shape index (κ2) is 30.9. The van der Waals surface area contributed by atoms with Crippen LogP contribution in [0, 0.1) is 0 Å². The topological polar surface area (TPSA) is 382 Å². The number of piperidine rings is 2. The number of carbonyl (C=O) groups excluding carboxylic acids is 4. The van der Waals surface area contributed by atoms with Crippen molar-refractivity contribution in [2.45, 2.75) is 194 Å². The van der Waals surface area contributed by atoms with Gasteiger partial charge in [0.25, 0.3) is 0 Å². The molecule has 0 spiro atoms. The van der Waals surface area contributed by atoms with Crippen molar-refractivity contribution < 1.29 is 67.6 Å². The van der Waals surface area contributed by atoms with Crippen LogP contribution in [0.1, 0.15) is 178 Å². The molecule has 0 aliphatic carbocycles. The third-order valence-corrected chi connectivity index (χ3v) is 15.8. The van der Waals surface area contributed by atoms with Crippen LogP contribution in [0.2, 0.25) is 0 Å². The molecule has 6 heterocycles. The summed E-state index contributed by atoms with van der Waals surface area (Å²) in [4.78, 5) is 60.4. The SMILES string of the molecule is CC(C)(C)OC(=O)NC(=NCCc1nnc([C@@H]2CC[C@@H]3CN2C(=O)N3OS(=O)(=O)[O-])s1)NC(=O)OC(C)(C)C.CCCC[N+](CCCC)(CCCC)CCCC.NC(N)=NCCc1nnc([C@@H]2CC[C@@H]3CN2C(=O)N3OS(=O)(=O)O)s1. The molecule has 6 rings (SSSR count). The highest BCUT2D eigenvalue weighted by Gasteiger charge is 2.49. The minimum atomic E-state index is -5.09. The number of nitrogens with two attached hydrogens (primary N) is 2. The lowest BCUT2D eigenvalue weighted by atomic mass is 10.0. The number of nitrogens with zero attached hydrogens (tertiary/aromatic N) is 11. The zero-order chi connectivity index (χ0) is 60.3. The van der Waals surface area contributed by atoms with Crippen molar-refractivity contribution in [3.05, 3.63) is 20.0 Å². The Morgan fingerprint density at radius 2 is 1.05 bits per heavy atom. The van der Waals surface area contributed by atoms with E-state index in [1.54, 1.807) is 41.5 Å². The Labute approximate surface area is 484 Å². The van der Waals surface area contributed by atoms with Gasteiger partial charge in [0.15, 0.2) is 5.96 Å². The number of ether oxygens (including phenoxy) is 2. The van der Waals surface area contributed by atoms with Crippen LogP contribution in [-0.2, 0) is 51.7 Å². The number of hydrogen-bond donors (Lipinski definition) is 5. The van der Waals surface area contributed by atoms with Crippen molar-refractivity contribution in [2.75, 3.05) is 52.4 Å². The van der Waals surface area contributed by atoms with E-state index in [1.807, 2.05) is 0 Å². The molecule has 0 saturated carbocycles. The number of alkyl carbamates (subject to hydrolysis) is 2. The minimum absolute atomic E-state index is 0.00431. The number of quaternary nitrogens is 1. The number of fused-ring (bicyclic) bond motifs is 4. The summed E-state index contributed by atoms with van der Waals surface area (Å²) < 4.78 is 84.1. The number of urea groups is 2. The molecule has 4 aliphatic heterocycles. The third-order valence-electron chi connectivity index (χ3n) is 12.9. The third kappa shape index (κ3) is 23.2. The molecule has 0 aromatic carbocycles. The molecule has 2 aromatic rings. The Morgan fingerprint density at radius 3 is 1.40 bits per heavy atom. The Balaban J connectivity index is 0.000000287. The maximum absolute atomic E-state index is 12.6. The monoisotopic (exact) mass is 1220 g/mol. The van der Waals surface area contributed by atoms with Gasteiger partial charge in [-0.25, -0.2) is 27.6 Å². The second-order valence-corrected chi connectivity index (χ2v) is 26.2. The van der Waals surface area contributed by atoms with Crippen molar-refractivity contribution >= 4 is 79.6 Å². The molecule has 4 bridgehead atoms. The number of carbonyl (C=O) groups is 4. The fourth-order valence-electron chi connectivity index (χ4n) is 9.28. The van der Waals surface area contributed by atoms with Crippen molar-refractivity contribution in [2.24, 2.45) is 21.5 Å². The zero-order valence-electron chi connectivity index (χ0n) is 48.3. The molecule has 460 valence electrons. The minimum Gasteiger partial charge on any atom is -0.724 e. The fourth-order valence-corrected chi connectivity index (χ4v) is 12.0. The van der Waals surface area contributed by atoms with Gasteiger partial charge < -0.3 is 39.8 Å². The summed E-state index contributed by atoms with van der Waals surface area (Å²) in [6.07, 6.45) is 12.2. The van der Waals surface area contributed by atoms with Crippen molar-refractivity contribution in [3.8, 4) is 0 Å². The first-order chi connectivity index (χ1) is 37.9. The quantitative estimate of drug-likeness (QED) is 0.0270. The van der Waals surface area contributed by atoms with E-state index in [9.17, 15) is 40.6 Å². The molecule has 4 saturated heterocycles. The highest BCUT2D eigenvalue weighted by atomic mass is 32.3. The average Bonchev–Trinajstić information content (AvgIpc) is 4.34. The first kappa shape index (κ1) is 68.3. The van der Waals surface area contributed by atoms with E-state index < -0.39 is 74.4 Å². The number of aliphatic imine (C=N–C) groups is 2. The van der Waals surface area contributed by atoms with Gasteiger partial charge in [-0.15, -0.1) is 24.7 Å². The normalized spacial score (nSPS) is 19.1. The Morgan fingerprint density at radius 1 is 0.667 bits per heavy atom. The molecule has 4 aliphatic rings. The van der Waals surface area contributed by atoms with Crippen LogP contribution >= 0.6 is 22.7 Å². The Kier molecular flexibility index (Phi) is 26.1. The number of guanidine groups is 2. The molecular weight excluding hydrogens is 1140 g/mol. The summed E-state index contributed by atoms with van der Waals surface area (Å²) in [6, 6.07) is -3.10. The molecular formula is C48H85N15O14S4. The van der Waals surface area contributed by atoms with E-state index in [2.05, 4.69) is 77.3 Å². The standard InChI is InChI=1S/C21H33N7O9S2.C16H36N.C11H17N7O5S2/c1-20(2,3)35-17(29)23-16(24-18(30)36-21(4,5)6)22-10-9-14-25-26-15(38-14)13-8-7-12-11-27(13)19(31)28(12)37-39(32,33)34;1-5-9-13-17(14-10-6-2,15-11-7-3)16-12-8-4;12-10(13)14-4-3-8-15-16-9(24-8)7-2-1-6-5-17(7)11(19)18(6)23-25(20,21)22/h12-13H,7-11H2,1-6H3,(H,32,33,34)(H2,22,23,24,29,30);5-16H2,1-4H3;6-7H,1-5H2,(H4,12,13,14)(H,20,21,22)/q;+1;/p-1/t12-,13+;;6-,7+/m1.1/s1. The second-order valence-electron chi connectivity index (χ2n) is 22.0. The van der Waals surface area contributed by atoms with Gasteiger partial charge in [0.1, 0.15) is 31.2 Å². The number of nitrogens with one attached hydrogen (secondary N) is 2. The number of hydrogen-bond acceptors (Lipinski definition) is 21. The van der Waals surface area contributed by atoms with Gasteiger partial charge in [-0.2, -0.15) is 22.8 Å². The van der Waals surface area contributed by atoms with E-state index in [4.69, 9.17) is 25.5 Å². The number of amides is 6. The van der Waals surface area contributed by atoms with Crippen molar-refractivity contribution in [3.63, 3.8) is 0 Å². The van der Waals surface area contributed by atoms with Gasteiger partial charge >= 0.3 is 34.6 Å². The molecule has 81 heavy (non-hydrogen) atoms. The van der Waals surface area contributed by atoms with Gasteiger partial charge in [0.2, 0.25) is 16.4 Å². The molecule has 2 aromatic heterocycles. The van der Waals surface area contributed by atoms with Gasteiger partial charge in [0.05, 0.1) is 50.3 Å². The molecule has 4 atom stereocenters. The number of rotatable bonds is 24. The lowest BCUT2D eigenvalue weighted by Crippen LogP contribution is -2.50. The molecule has 0 radical (unpaired) electrons. The van der Waals surface area contributed by atoms with Crippen LogP contribution in [0.5, 0.6) is 0 Å². The molecule has 29 nitrogen and oxygen atoms in total.